The van der Waals surface area contributed by atoms with E-state index in [1.54, 1.807) is 6.92 Å². The Morgan fingerprint density at radius 3 is 2.44 bits per heavy atom. The third-order valence-corrected chi connectivity index (χ3v) is 11.0. The second kappa shape index (κ2) is 9.99. The van der Waals surface area contributed by atoms with Crippen LogP contribution in [0.3, 0.4) is 0 Å². The number of aliphatic hydroxyl groups excluding tert-OH is 1. The van der Waals surface area contributed by atoms with Gasteiger partial charge in [-0.1, -0.05) is 20.8 Å². The van der Waals surface area contributed by atoms with Gasteiger partial charge in [0.25, 0.3) is 0 Å². The smallest absolute Gasteiger partial charge is 0.469 e. The Morgan fingerprint density at radius 2 is 1.74 bits per heavy atom. The molecule has 0 unspecified atom stereocenters. The lowest BCUT2D eigenvalue weighted by Gasteiger charge is -2.62. The number of rotatable bonds is 6. The van der Waals surface area contributed by atoms with Crippen molar-refractivity contribution in [1.82, 2.24) is 0 Å². The molecule has 0 aliphatic heterocycles. The van der Waals surface area contributed by atoms with Crippen LogP contribution in [-0.4, -0.2) is 43.2 Å². The van der Waals surface area contributed by atoms with Crippen molar-refractivity contribution in [2.75, 3.05) is 13.7 Å². The number of carbonyl (C=O) groups excluding carboxylic acids is 2. The molecule has 194 valence electrons. The average Bonchev–Trinajstić information content (AvgIpc) is 3.15. The molecule has 4 aliphatic carbocycles. The summed E-state index contributed by atoms with van der Waals surface area (Å²) in [4.78, 5) is 23.6. The van der Waals surface area contributed by atoms with Crippen molar-refractivity contribution in [2.24, 2.45) is 46.3 Å². The summed E-state index contributed by atoms with van der Waals surface area (Å²) < 4.78 is 15.5. The number of methoxy groups -OCH3 is 1. The highest BCUT2D eigenvalue weighted by atomic mass is 16.7. The summed E-state index contributed by atoms with van der Waals surface area (Å²) in [5, 5.41) is 11.5. The van der Waals surface area contributed by atoms with Crippen LogP contribution in [0.5, 0.6) is 0 Å². The summed E-state index contributed by atoms with van der Waals surface area (Å²) in [6.07, 6.45) is 8.83. The predicted molar refractivity (Wildman–Crippen MR) is 129 cm³/mol. The van der Waals surface area contributed by atoms with Gasteiger partial charge in [-0.25, -0.2) is 4.79 Å². The van der Waals surface area contributed by atoms with Crippen LogP contribution in [0.2, 0.25) is 0 Å². The van der Waals surface area contributed by atoms with Gasteiger partial charge in [0.1, 0.15) is 6.10 Å². The molecule has 0 aromatic heterocycles. The van der Waals surface area contributed by atoms with Crippen molar-refractivity contribution in [2.45, 2.75) is 104 Å². The van der Waals surface area contributed by atoms with Gasteiger partial charge in [0.05, 0.1) is 19.8 Å². The monoisotopic (exact) mass is 478 g/mol. The Labute approximate surface area is 205 Å². The lowest BCUT2D eigenvalue weighted by Crippen LogP contribution is -2.58. The summed E-state index contributed by atoms with van der Waals surface area (Å²) in [5.41, 5.74) is 0.444. The highest BCUT2D eigenvalue weighted by molar-refractivity contribution is 5.69. The largest absolute Gasteiger partial charge is 0.508 e. The molecule has 4 saturated carbocycles. The highest BCUT2D eigenvalue weighted by Crippen LogP contribution is 2.68. The predicted octanol–water partition coefficient (Wildman–Crippen LogP) is 5.75. The first kappa shape index (κ1) is 25.8. The average molecular weight is 479 g/mol. The molecule has 6 nitrogen and oxygen atoms in total. The van der Waals surface area contributed by atoms with Gasteiger partial charge in [-0.05, 0) is 111 Å². The fourth-order valence-electron chi connectivity index (χ4n) is 9.20. The minimum Gasteiger partial charge on any atom is -0.469 e. The maximum absolute atomic E-state index is 11.9. The van der Waals surface area contributed by atoms with Crippen LogP contribution in [0.25, 0.3) is 0 Å². The Balaban J connectivity index is 1.46. The molecule has 0 aromatic carbocycles. The van der Waals surface area contributed by atoms with Gasteiger partial charge in [0.15, 0.2) is 0 Å². The SMILES string of the molecule is CCOC(=O)O[C@@H]1CC[C@@]2(C)[C@@H](C1)C[C@@H](O)[C@@H]1[C@@H]2CC[C@]2(C)[C@@H]([C@H](C)CCC(=O)OC)CC[C@@H]12. The Morgan fingerprint density at radius 1 is 1.03 bits per heavy atom. The Bertz CT molecular complexity index is 753. The van der Waals surface area contributed by atoms with E-state index in [9.17, 15) is 14.7 Å². The van der Waals surface area contributed by atoms with E-state index in [0.29, 0.717) is 48.5 Å². The zero-order valence-electron chi connectivity index (χ0n) is 21.9. The molecular formula is C28H46O6. The van der Waals surface area contributed by atoms with Gasteiger partial charge in [-0.15, -0.1) is 0 Å². The molecular weight excluding hydrogens is 432 g/mol. The van der Waals surface area contributed by atoms with Crippen LogP contribution < -0.4 is 0 Å². The van der Waals surface area contributed by atoms with Crippen LogP contribution in [0, 0.1) is 46.3 Å². The number of fused-ring (bicyclic) bond motifs is 5. The molecule has 0 heterocycles. The van der Waals surface area contributed by atoms with Gasteiger partial charge in [-0.3, -0.25) is 4.79 Å². The second-order valence-corrected chi connectivity index (χ2v) is 12.3. The molecule has 34 heavy (non-hydrogen) atoms. The van der Waals surface area contributed by atoms with E-state index in [1.165, 1.54) is 32.8 Å². The minimum atomic E-state index is -0.558. The summed E-state index contributed by atoms with van der Waals surface area (Å²) in [6, 6.07) is 0. The zero-order chi connectivity index (χ0) is 24.7. The van der Waals surface area contributed by atoms with Crippen molar-refractivity contribution < 1.29 is 28.9 Å². The van der Waals surface area contributed by atoms with Gasteiger partial charge >= 0.3 is 12.1 Å². The van der Waals surface area contributed by atoms with Gasteiger partial charge < -0.3 is 19.3 Å². The van der Waals surface area contributed by atoms with Crippen LogP contribution in [0.1, 0.15) is 91.9 Å². The van der Waals surface area contributed by atoms with E-state index in [0.717, 1.165) is 32.1 Å². The van der Waals surface area contributed by atoms with Crippen molar-refractivity contribution in [3.63, 3.8) is 0 Å². The zero-order valence-corrected chi connectivity index (χ0v) is 21.9. The first-order chi connectivity index (χ1) is 16.1. The van der Waals surface area contributed by atoms with Gasteiger partial charge in [0.2, 0.25) is 0 Å². The number of hydrogen-bond donors (Lipinski definition) is 1. The topological polar surface area (TPSA) is 82.1 Å². The van der Waals surface area contributed by atoms with E-state index in [2.05, 4.69) is 20.8 Å². The molecule has 0 radical (unpaired) electrons. The fourth-order valence-corrected chi connectivity index (χ4v) is 9.20. The molecule has 4 fully saturated rings. The molecule has 4 rings (SSSR count). The first-order valence-electron chi connectivity index (χ1n) is 13.7. The van der Waals surface area contributed by atoms with Gasteiger partial charge in [-0.2, -0.15) is 0 Å². The standard InChI is InChI=1S/C28H46O6/c1-6-33-26(31)34-19-11-13-27(3)18(15-19)16-23(29)25-21-9-8-20(17(2)7-10-24(30)32-5)28(21,4)14-12-22(25)27/h17-23,25,29H,6-16H2,1-5H3/t17-,18+,19-,20-,21+,22+,23-,25+,27+,28-/m1/s1. The van der Waals surface area contributed by atoms with Crippen LogP contribution in [0.4, 0.5) is 4.79 Å². The van der Waals surface area contributed by atoms with Crippen molar-refractivity contribution in [3.05, 3.63) is 0 Å². The fraction of sp³-hybridized carbons (Fsp3) is 0.929. The first-order valence-corrected chi connectivity index (χ1v) is 13.7. The molecule has 4 aliphatic rings. The summed E-state index contributed by atoms with van der Waals surface area (Å²) in [5.74, 6) is 2.82. The molecule has 10 atom stereocenters. The molecule has 0 saturated heterocycles. The summed E-state index contributed by atoms with van der Waals surface area (Å²) in [6.45, 7) is 9.37. The van der Waals surface area contributed by atoms with E-state index in [-0.39, 0.29) is 29.0 Å². The molecule has 1 N–H and O–H groups in total. The van der Waals surface area contributed by atoms with Crippen molar-refractivity contribution in [1.29, 1.82) is 0 Å². The Kier molecular flexibility index (Phi) is 7.57. The van der Waals surface area contributed by atoms with Crippen LogP contribution in [0.15, 0.2) is 0 Å². The lowest BCUT2D eigenvalue weighted by atomic mass is 9.43. The maximum atomic E-state index is 11.9. The third kappa shape index (κ3) is 4.49. The second-order valence-electron chi connectivity index (χ2n) is 12.3. The number of esters is 1. The quantitative estimate of drug-likeness (QED) is 0.490. The van der Waals surface area contributed by atoms with Crippen LogP contribution in [-0.2, 0) is 19.0 Å². The molecule has 6 heteroatoms. The minimum absolute atomic E-state index is 0.0961. The Hall–Kier alpha value is -1.30. The van der Waals surface area contributed by atoms with E-state index >= 15 is 0 Å². The number of aliphatic hydroxyl groups is 1. The van der Waals surface area contributed by atoms with Crippen molar-refractivity contribution >= 4 is 12.1 Å². The molecule has 0 spiro atoms. The van der Waals surface area contributed by atoms with Crippen molar-refractivity contribution in [3.8, 4) is 0 Å². The number of carbonyl (C=O) groups is 2. The van der Waals surface area contributed by atoms with E-state index < -0.39 is 6.16 Å². The third-order valence-electron chi connectivity index (χ3n) is 11.0. The van der Waals surface area contributed by atoms with E-state index in [4.69, 9.17) is 14.2 Å². The van der Waals surface area contributed by atoms with Gasteiger partial charge in [0, 0.05) is 6.42 Å². The summed E-state index contributed by atoms with van der Waals surface area (Å²) >= 11 is 0. The maximum Gasteiger partial charge on any atom is 0.508 e. The lowest BCUT2D eigenvalue weighted by molar-refractivity contribution is -0.175. The van der Waals surface area contributed by atoms with E-state index in [1.807, 2.05) is 0 Å². The summed E-state index contributed by atoms with van der Waals surface area (Å²) in [7, 11) is 1.47. The molecule has 0 aromatic rings. The molecule has 0 amide bonds. The highest BCUT2D eigenvalue weighted by Gasteiger charge is 2.63. The number of ether oxygens (including phenoxy) is 3. The molecule has 0 bridgehead atoms. The number of hydrogen-bond acceptors (Lipinski definition) is 6. The normalized spacial score (nSPS) is 44.2. The van der Waals surface area contributed by atoms with Crippen LogP contribution >= 0.6 is 0 Å².